The lowest BCUT2D eigenvalue weighted by atomic mass is 10.2. The zero-order valence-corrected chi connectivity index (χ0v) is 11.1. The van der Waals surface area contributed by atoms with Gasteiger partial charge in [0.2, 0.25) is 0 Å². The fraction of sp³-hybridized carbons (Fsp3) is 0.467. The summed E-state index contributed by atoms with van der Waals surface area (Å²) in [5.74, 6) is 5.46. The van der Waals surface area contributed by atoms with E-state index in [1.54, 1.807) is 19.2 Å². The molecule has 0 aliphatic rings. The minimum atomic E-state index is -0.389. The highest BCUT2D eigenvalue weighted by atomic mass is 19.1. The van der Waals surface area contributed by atoms with Crippen LogP contribution in [-0.4, -0.2) is 32.0 Å². The lowest BCUT2D eigenvalue weighted by Gasteiger charge is -2.07. The smallest absolute Gasteiger partial charge is 0.165 e. The maximum atomic E-state index is 13.5. The van der Waals surface area contributed by atoms with Crippen LogP contribution in [0.25, 0.3) is 0 Å². The third-order valence-corrected chi connectivity index (χ3v) is 2.40. The minimum absolute atomic E-state index is 0.0249. The maximum absolute atomic E-state index is 13.5. The largest absolute Gasteiger partial charge is 0.490 e. The van der Waals surface area contributed by atoms with Gasteiger partial charge in [0, 0.05) is 25.7 Å². The van der Waals surface area contributed by atoms with E-state index in [4.69, 9.17) is 14.6 Å². The lowest BCUT2D eigenvalue weighted by Crippen LogP contribution is -2.01. The van der Waals surface area contributed by atoms with Crippen LogP contribution in [0.3, 0.4) is 0 Å². The molecule has 0 aromatic heterocycles. The molecule has 1 aromatic carbocycles. The molecule has 0 saturated heterocycles. The summed E-state index contributed by atoms with van der Waals surface area (Å²) in [5, 5.41) is 8.63. The summed E-state index contributed by atoms with van der Waals surface area (Å²) in [6.45, 7) is 1.16. The molecule has 0 amide bonds. The van der Waals surface area contributed by atoms with Crippen molar-refractivity contribution in [1.29, 1.82) is 0 Å². The summed E-state index contributed by atoms with van der Waals surface area (Å²) in [6.07, 6.45) is 2.10. The molecule has 1 aromatic rings. The van der Waals surface area contributed by atoms with E-state index < -0.39 is 0 Å². The standard InChI is InChI=1S/C15H19FO3/c1-18-10-4-5-11-19-15-12-13(6-2-3-9-17)7-8-14(15)16/h7-8,12,17H,3-5,9-11H2,1H3. The summed E-state index contributed by atoms with van der Waals surface area (Å²) in [6, 6.07) is 4.51. The van der Waals surface area contributed by atoms with Gasteiger partial charge in [0.25, 0.3) is 0 Å². The summed E-state index contributed by atoms with van der Waals surface area (Å²) in [4.78, 5) is 0. The summed E-state index contributed by atoms with van der Waals surface area (Å²) in [5.41, 5.74) is 0.682. The van der Waals surface area contributed by atoms with Crippen molar-refractivity contribution in [3.8, 4) is 17.6 Å². The highest BCUT2D eigenvalue weighted by Gasteiger charge is 2.03. The van der Waals surface area contributed by atoms with Gasteiger partial charge in [-0.05, 0) is 31.0 Å². The Bertz CT molecular complexity index is 435. The average Bonchev–Trinajstić information content (AvgIpc) is 2.42. The number of halogens is 1. The Labute approximate surface area is 113 Å². The zero-order valence-electron chi connectivity index (χ0n) is 11.1. The molecule has 0 aliphatic carbocycles. The summed E-state index contributed by atoms with van der Waals surface area (Å²) in [7, 11) is 1.65. The van der Waals surface area contributed by atoms with Crippen LogP contribution >= 0.6 is 0 Å². The number of ether oxygens (including phenoxy) is 2. The maximum Gasteiger partial charge on any atom is 0.165 e. The molecule has 4 heteroatoms. The fourth-order valence-electron chi connectivity index (χ4n) is 1.44. The first kappa shape index (κ1) is 15.5. The van der Waals surface area contributed by atoms with Crippen LogP contribution in [0.1, 0.15) is 24.8 Å². The second-order valence-electron chi connectivity index (χ2n) is 3.97. The van der Waals surface area contributed by atoms with Crippen LogP contribution in [0.5, 0.6) is 5.75 Å². The Morgan fingerprint density at radius 1 is 1.26 bits per heavy atom. The van der Waals surface area contributed by atoms with E-state index in [9.17, 15) is 4.39 Å². The monoisotopic (exact) mass is 266 g/mol. The number of benzene rings is 1. The second kappa shape index (κ2) is 9.37. The molecule has 0 bridgehead atoms. The van der Waals surface area contributed by atoms with Gasteiger partial charge in [0.1, 0.15) is 0 Å². The second-order valence-corrected chi connectivity index (χ2v) is 3.97. The molecule has 0 aliphatic heterocycles. The molecule has 104 valence electrons. The van der Waals surface area contributed by atoms with Crippen LogP contribution in [0.2, 0.25) is 0 Å². The highest BCUT2D eigenvalue weighted by molar-refractivity contribution is 5.40. The Balaban J connectivity index is 2.52. The van der Waals surface area contributed by atoms with Crippen molar-refractivity contribution in [3.63, 3.8) is 0 Å². The molecular formula is C15H19FO3. The average molecular weight is 266 g/mol. The van der Waals surface area contributed by atoms with E-state index in [-0.39, 0.29) is 18.2 Å². The van der Waals surface area contributed by atoms with Gasteiger partial charge >= 0.3 is 0 Å². The minimum Gasteiger partial charge on any atom is -0.490 e. The molecule has 0 atom stereocenters. The zero-order chi connectivity index (χ0) is 13.9. The molecule has 3 nitrogen and oxygen atoms in total. The summed E-state index contributed by atoms with van der Waals surface area (Å²) >= 11 is 0. The number of methoxy groups -OCH3 is 1. The van der Waals surface area contributed by atoms with E-state index >= 15 is 0 Å². The van der Waals surface area contributed by atoms with E-state index in [2.05, 4.69) is 11.8 Å². The van der Waals surface area contributed by atoms with Crippen molar-refractivity contribution >= 4 is 0 Å². The van der Waals surface area contributed by atoms with Gasteiger partial charge in [-0.1, -0.05) is 11.8 Å². The highest BCUT2D eigenvalue weighted by Crippen LogP contribution is 2.18. The third kappa shape index (κ3) is 6.23. The Kier molecular flexibility index (Phi) is 7.64. The Morgan fingerprint density at radius 2 is 2.05 bits per heavy atom. The van der Waals surface area contributed by atoms with Crippen LogP contribution < -0.4 is 4.74 Å². The molecule has 0 saturated carbocycles. The van der Waals surface area contributed by atoms with Gasteiger partial charge in [0.05, 0.1) is 13.2 Å². The normalized spacial score (nSPS) is 9.84. The Morgan fingerprint density at radius 3 is 2.79 bits per heavy atom. The van der Waals surface area contributed by atoms with E-state index in [0.717, 1.165) is 12.8 Å². The number of unbranched alkanes of at least 4 members (excludes halogenated alkanes) is 1. The fourth-order valence-corrected chi connectivity index (χ4v) is 1.44. The van der Waals surface area contributed by atoms with Gasteiger partial charge in [0.15, 0.2) is 11.6 Å². The third-order valence-electron chi connectivity index (χ3n) is 2.40. The Hall–Kier alpha value is -1.57. The SMILES string of the molecule is COCCCCOc1cc(C#CCCO)ccc1F. The van der Waals surface area contributed by atoms with Crippen molar-refractivity contribution in [2.24, 2.45) is 0 Å². The molecule has 0 heterocycles. The van der Waals surface area contributed by atoms with Crippen LogP contribution in [0, 0.1) is 17.7 Å². The van der Waals surface area contributed by atoms with Crippen molar-refractivity contribution in [1.82, 2.24) is 0 Å². The van der Waals surface area contributed by atoms with Gasteiger partial charge in [-0.3, -0.25) is 0 Å². The topological polar surface area (TPSA) is 38.7 Å². The van der Waals surface area contributed by atoms with E-state index in [0.29, 0.717) is 25.2 Å². The van der Waals surface area contributed by atoms with Gasteiger partial charge in [-0.2, -0.15) is 0 Å². The first-order chi connectivity index (χ1) is 9.27. The van der Waals surface area contributed by atoms with Gasteiger partial charge in [-0.25, -0.2) is 4.39 Å². The number of hydrogen-bond donors (Lipinski definition) is 1. The molecule has 19 heavy (non-hydrogen) atoms. The summed E-state index contributed by atoms with van der Waals surface area (Å²) < 4.78 is 23.8. The molecule has 1 N–H and O–H groups in total. The van der Waals surface area contributed by atoms with E-state index in [1.165, 1.54) is 6.07 Å². The van der Waals surface area contributed by atoms with E-state index in [1.807, 2.05) is 0 Å². The lowest BCUT2D eigenvalue weighted by molar-refractivity contribution is 0.183. The molecule has 0 unspecified atom stereocenters. The van der Waals surface area contributed by atoms with Crippen LogP contribution in [-0.2, 0) is 4.74 Å². The molecular weight excluding hydrogens is 247 g/mol. The molecule has 0 spiro atoms. The predicted octanol–water partition coefficient (Wildman–Crippen LogP) is 2.37. The molecule has 1 rings (SSSR count). The number of hydrogen-bond acceptors (Lipinski definition) is 3. The van der Waals surface area contributed by atoms with Crippen LogP contribution in [0.4, 0.5) is 4.39 Å². The molecule has 0 fully saturated rings. The van der Waals surface area contributed by atoms with Crippen molar-refractivity contribution < 1.29 is 19.0 Å². The van der Waals surface area contributed by atoms with Gasteiger partial charge in [-0.15, -0.1) is 0 Å². The number of rotatable bonds is 7. The molecule has 0 radical (unpaired) electrons. The first-order valence-electron chi connectivity index (χ1n) is 6.29. The quantitative estimate of drug-likeness (QED) is 0.608. The number of aliphatic hydroxyl groups is 1. The first-order valence-corrected chi connectivity index (χ1v) is 6.29. The van der Waals surface area contributed by atoms with Crippen molar-refractivity contribution in [2.75, 3.05) is 26.9 Å². The van der Waals surface area contributed by atoms with Gasteiger partial charge < -0.3 is 14.6 Å². The van der Waals surface area contributed by atoms with Crippen molar-refractivity contribution in [3.05, 3.63) is 29.6 Å². The van der Waals surface area contributed by atoms with Crippen molar-refractivity contribution in [2.45, 2.75) is 19.3 Å². The number of aliphatic hydroxyl groups excluding tert-OH is 1. The predicted molar refractivity (Wildman–Crippen MR) is 71.6 cm³/mol. The van der Waals surface area contributed by atoms with Crippen LogP contribution in [0.15, 0.2) is 18.2 Å².